The molecule has 1 aromatic carbocycles. The molecule has 82 valence electrons. The summed E-state index contributed by atoms with van der Waals surface area (Å²) in [4.78, 5) is 0. The molecule has 0 radical (unpaired) electrons. The van der Waals surface area contributed by atoms with Gasteiger partial charge in [-0.25, -0.2) is 8.78 Å². The highest BCUT2D eigenvalue weighted by atomic mass is 19.2. The third-order valence-corrected chi connectivity index (χ3v) is 2.88. The first-order valence-corrected chi connectivity index (χ1v) is 5.26. The fourth-order valence-corrected chi connectivity index (χ4v) is 2.06. The number of aromatic nitrogens is 2. The molecule has 0 N–H and O–H groups in total. The second-order valence-electron chi connectivity index (χ2n) is 3.98. The van der Waals surface area contributed by atoms with Gasteiger partial charge in [0.25, 0.3) is 0 Å². The van der Waals surface area contributed by atoms with Gasteiger partial charge in [0, 0.05) is 17.8 Å². The summed E-state index contributed by atoms with van der Waals surface area (Å²) in [5, 5.41) is 4.36. The van der Waals surface area contributed by atoms with Crippen LogP contribution in [0.25, 0.3) is 11.3 Å². The maximum Gasteiger partial charge on any atom is 0.159 e. The summed E-state index contributed by atoms with van der Waals surface area (Å²) in [5.41, 5.74) is 2.51. The van der Waals surface area contributed by atoms with Crippen molar-refractivity contribution >= 4 is 0 Å². The zero-order valence-electron chi connectivity index (χ0n) is 8.58. The van der Waals surface area contributed by atoms with Crippen molar-refractivity contribution in [2.24, 2.45) is 0 Å². The number of aryl methyl sites for hydroxylation is 2. The third-order valence-electron chi connectivity index (χ3n) is 2.88. The Labute approximate surface area is 91.5 Å². The van der Waals surface area contributed by atoms with Gasteiger partial charge in [0.2, 0.25) is 0 Å². The van der Waals surface area contributed by atoms with E-state index in [2.05, 4.69) is 5.10 Å². The molecule has 2 nitrogen and oxygen atoms in total. The Kier molecular flexibility index (Phi) is 2.02. The molecule has 0 aliphatic carbocycles. The van der Waals surface area contributed by atoms with E-state index < -0.39 is 11.6 Å². The molecule has 0 amide bonds. The molecule has 0 saturated carbocycles. The van der Waals surface area contributed by atoms with Crippen molar-refractivity contribution in [1.29, 1.82) is 0 Å². The van der Waals surface area contributed by atoms with Crippen LogP contribution in [0.5, 0.6) is 0 Å². The molecule has 0 atom stereocenters. The van der Waals surface area contributed by atoms with Gasteiger partial charge in [0.15, 0.2) is 11.6 Å². The fourth-order valence-electron chi connectivity index (χ4n) is 2.06. The second kappa shape index (κ2) is 3.40. The minimum atomic E-state index is -0.828. The van der Waals surface area contributed by atoms with E-state index in [0.29, 0.717) is 11.3 Å². The van der Waals surface area contributed by atoms with Gasteiger partial charge in [0.1, 0.15) is 0 Å². The molecule has 2 aromatic rings. The number of halogens is 2. The molecule has 3 rings (SSSR count). The molecular formula is C12H10F2N2. The van der Waals surface area contributed by atoms with Crippen LogP contribution < -0.4 is 0 Å². The largest absolute Gasteiger partial charge is 0.269 e. The van der Waals surface area contributed by atoms with Crippen LogP contribution in [-0.4, -0.2) is 9.78 Å². The second-order valence-corrected chi connectivity index (χ2v) is 3.98. The van der Waals surface area contributed by atoms with Gasteiger partial charge in [-0.15, -0.1) is 0 Å². The highest BCUT2D eigenvalue weighted by Crippen LogP contribution is 2.24. The number of rotatable bonds is 1. The Hall–Kier alpha value is -1.71. The Morgan fingerprint density at radius 3 is 2.75 bits per heavy atom. The maximum atomic E-state index is 13.1. The number of fused-ring (bicyclic) bond motifs is 1. The van der Waals surface area contributed by atoms with Crippen LogP contribution >= 0.6 is 0 Å². The lowest BCUT2D eigenvalue weighted by Crippen LogP contribution is -1.94. The molecule has 1 aliphatic heterocycles. The van der Waals surface area contributed by atoms with Crippen molar-refractivity contribution in [2.75, 3.05) is 0 Å². The summed E-state index contributed by atoms with van der Waals surface area (Å²) < 4.78 is 27.8. The van der Waals surface area contributed by atoms with Gasteiger partial charge in [-0.2, -0.15) is 5.10 Å². The molecule has 0 spiro atoms. The molecule has 4 heteroatoms. The summed E-state index contributed by atoms with van der Waals surface area (Å²) >= 11 is 0. The van der Waals surface area contributed by atoms with E-state index >= 15 is 0 Å². The van der Waals surface area contributed by atoms with Crippen molar-refractivity contribution in [2.45, 2.75) is 19.4 Å². The van der Waals surface area contributed by atoms with Crippen molar-refractivity contribution in [3.8, 4) is 11.3 Å². The molecule has 16 heavy (non-hydrogen) atoms. The Bertz CT molecular complexity index is 524. The minimum absolute atomic E-state index is 0.626. The van der Waals surface area contributed by atoms with E-state index in [1.165, 1.54) is 11.8 Å². The first-order valence-electron chi connectivity index (χ1n) is 5.26. The van der Waals surface area contributed by atoms with Crippen LogP contribution in [0.15, 0.2) is 24.3 Å². The van der Waals surface area contributed by atoms with E-state index in [0.717, 1.165) is 25.5 Å². The first kappa shape index (κ1) is 9.51. The predicted octanol–water partition coefficient (Wildman–Crippen LogP) is 2.77. The van der Waals surface area contributed by atoms with Crippen LogP contribution in [0.2, 0.25) is 0 Å². The normalized spacial score (nSPS) is 14.1. The van der Waals surface area contributed by atoms with E-state index in [1.807, 2.05) is 10.7 Å². The number of hydrogen-bond donors (Lipinski definition) is 0. The summed E-state index contributed by atoms with van der Waals surface area (Å²) in [6, 6.07) is 5.82. The standard InChI is InChI=1S/C12H10F2N2/c13-10-4-3-8(6-11(10)14)12-7-9-2-1-5-16(9)15-12/h3-4,6-7H,1-2,5H2. The molecule has 1 aromatic heterocycles. The van der Waals surface area contributed by atoms with Crippen molar-refractivity contribution in [1.82, 2.24) is 9.78 Å². The quantitative estimate of drug-likeness (QED) is 0.722. The van der Waals surface area contributed by atoms with Crippen molar-refractivity contribution in [3.05, 3.63) is 41.6 Å². The van der Waals surface area contributed by atoms with Gasteiger partial charge in [-0.3, -0.25) is 4.68 Å². The smallest absolute Gasteiger partial charge is 0.159 e. The van der Waals surface area contributed by atoms with E-state index in [4.69, 9.17) is 0 Å². The summed E-state index contributed by atoms with van der Waals surface area (Å²) in [5.74, 6) is -1.65. The van der Waals surface area contributed by atoms with Gasteiger partial charge in [-0.1, -0.05) is 0 Å². The molecule has 0 fully saturated rings. The number of hydrogen-bond acceptors (Lipinski definition) is 1. The first-order chi connectivity index (χ1) is 7.74. The van der Waals surface area contributed by atoms with Crippen LogP contribution in [-0.2, 0) is 13.0 Å². The maximum absolute atomic E-state index is 13.1. The highest BCUT2D eigenvalue weighted by Gasteiger charge is 2.15. The van der Waals surface area contributed by atoms with Crippen molar-refractivity contribution < 1.29 is 8.78 Å². The number of nitrogens with zero attached hydrogens (tertiary/aromatic N) is 2. The molecule has 0 unspecified atom stereocenters. The van der Waals surface area contributed by atoms with Crippen LogP contribution in [0, 0.1) is 11.6 Å². The van der Waals surface area contributed by atoms with Crippen LogP contribution in [0.3, 0.4) is 0 Å². The topological polar surface area (TPSA) is 17.8 Å². The SMILES string of the molecule is Fc1ccc(-c2cc3n(n2)CCC3)cc1F. The zero-order chi connectivity index (χ0) is 11.1. The third kappa shape index (κ3) is 1.41. The molecule has 1 aliphatic rings. The molecule has 0 saturated heterocycles. The Morgan fingerprint density at radius 1 is 1.12 bits per heavy atom. The molecule has 2 heterocycles. The Morgan fingerprint density at radius 2 is 2.00 bits per heavy atom. The predicted molar refractivity (Wildman–Crippen MR) is 55.9 cm³/mol. The minimum Gasteiger partial charge on any atom is -0.269 e. The lowest BCUT2D eigenvalue weighted by Gasteiger charge is -1.98. The van der Waals surface area contributed by atoms with E-state index in [-0.39, 0.29) is 0 Å². The van der Waals surface area contributed by atoms with Gasteiger partial charge < -0.3 is 0 Å². The fraction of sp³-hybridized carbons (Fsp3) is 0.250. The van der Waals surface area contributed by atoms with E-state index in [1.54, 1.807) is 6.07 Å². The average molecular weight is 220 g/mol. The van der Waals surface area contributed by atoms with Gasteiger partial charge >= 0.3 is 0 Å². The molecule has 0 bridgehead atoms. The van der Waals surface area contributed by atoms with E-state index in [9.17, 15) is 8.78 Å². The van der Waals surface area contributed by atoms with Crippen molar-refractivity contribution in [3.63, 3.8) is 0 Å². The molecular weight excluding hydrogens is 210 g/mol. The summed E-state index contributed by atoms with van der Waals surface area (Å²) in [6.45, 7) is 0.916. The lowest BCUT2D eigenvalue weighted by molar-refractivity contribution is 0.509. The number of benzene rings is 1. The van der Waals surface area contributed by atoms with Gasteiger partial charge in [-0.05, 0) is 37.1 Å². The van der Waals surface area contributed by atoms with Crippen LogP contribution in [0.1, 0.15) is 12.1 Å². The monoisotopic (exact) mass is 220 g/mol. The zero-order valence-corrected chi connectivity index (χ0v) is 8.58. The summed E-state index contributed by atoms with van der Waals surface area (Å²) in [6.07, 6.45) is 2.12. The Balaban J connectivity index is 2.05. The summed E-state index contributed by atoms with van der Waals surface area (Å²) in [7, 11) is 0. The van der Waals surface area contributed by atoms with Crippen LogP contribution in [0.4, 0.5) is 8.78 Å². The average Bonchev–Trinajstić information content (AvgIpc) is 2.81. The highest BCUT2D eigenvalue weighted by molar-refractivity contribution is 5.59. The lowest BCUT2D eigenvalue weighted by atomic mass is 10.1. The van der Waals surface area contributed by atoms with Gasteiger partial charge in [0.05, 0.1) is 5.69 Å².